The van der Waals surface area contributed by atoms with Crippen molar-refractivity contribution in [3.63, 3.8) is 0 Å². The van der Waals surface area contributed by atoms with Gasteiger partial charge in [-0.25, -0.2) is 4.99 Å². The number of aliphatic imine (C=N–C) groups is 1. The van der Waals surface area contributed by atoms with Crippen LogP contribution in [0.3, 0.4) is 0 Å². The fourth-order valence-electron chi connectivity index (χ4n) is 2.70. The first kappa shape index (κ1) is 23.6. The first-order valence-corrected chi connectivity index (χ1v) is 9.55. The number of nitrogens with zero attached hydrogens (tertiary/aromatic N) is 5. The number of pyridine rings is 1. The van der Waals surface area contributed by atoms with Crippen molar-refractivity contribution in [1.29, 1.82) is 0 Å². The number of nitrogens with one attached hydrogen (secondary N) is 2. The molecular formula is C21H28IN7O. The Morgan fingerprint density at radius 2 is 1.90 bits per heavy atom. The van der Waals surface area contributed by atoms with Crippen LogP contribution in [0, 0.1) is 6.92 Å². The lowest BCUT2D eigenvalue weighted by atomic mass is 10.2. The molecule has 0 spiro atoms. The number of rotatable bonds is 8. The van der Waals surface area contributed by atoms with Crippen LogP contribution in [-0.2, 0) is 26.6 Å². The predicted octanol–water partition coefficient (Wildman–Crippen LogP) is 2.62. The van der Waals surface area contributed by atoms with Gasteiger partial charge in [0.25, 0.3) is 0 Å². The van der Waals surface area contributed by atoms with E-state index in [1.54, 1.807) is 7.11 Å². The summed E-state index contributed by atoms with van der Waals surface area (Å²) < 4.78 is 7.17. The summed E-state index contributed by atoms with van der Waals surface area (Å²) in [6, 6.07) is 13.8. The molecule has 0 atom stereocenters. The summed E-state index contributed by atoms with van der Waals surface area (Å²) in [5.41, 5.74) is 2.14. The summed E-state index contributed by atoms with van der Waals surface area (Å²) >= 11 is 0. The minimum absolute atomic E-state index is 0. The first-order chi connectivity index (χ1) is 14.2. The Bertz CT molecular complexity index is 926. The summed E-state index contributed by atoms with van der Waals surface area (Å²) in [4.78, 5) is 9.07. The van der Waals surface area contributed by atoms with Gasteiger partial charge in [0.2, 0.25) is 0 Å². The molecule has 0 unspecified atom stereocenters. The minimum atomic E-state index is 0. The van der Waals surface area contributed by atoms with Crippen LogP contribution in [0.5, 0.6) is 5.75 Å². The summed E-state index contributed by atoms with van der Waals surface area (Å²) in [6.45, 7) is 3.75. The van der Waals surface area contributed by atoms with Crippen molar-refractivity contribution in [2.24, 2.45) is 12.0 Å². The van der Waals surface area contributed by atoms with Crippen molar-refractivity contribution in [3.05, 3.63) is 71.6 Å². The highest BCUT2D eigenvalue weighted by molar-refractivity contribution is 14.0. The molecule has 0 aliphatic rings. The second-order valence-electron chi connectivity index (χ2n) is 6.59. The lowest BCUT2D eigenvalue weighted by molar-refractivity contribution is 0.414. The number of ether oxygens (including phenoxy) is 1. The van der Waals surface area contributed by atoms with Gasteiger partial charge in [-0.1, -0.05) is 18.2 Å². The molecule has 0 saturated heterocycles. The SMILES string of the molecule is COc1ccc(CN=C(NCCc2ccccn2)NCc2nnc(C)n2C)cc1.I. The Morgan fingerprint density at radius 1 is 1.10 bits per heavy atom. The molecule has 0 radical (unpaired) electrons. The fourth-order valence-corrected chi connectivity index (χ4v) is 2.70. The van der Waals surface area contributed by atoms with Gasteiger partial charge in [0.1, 0.15) is 11.6 Å². The van der Waals surface area contributed by atoms with E-state index in [4.69, 9.17) is 9.73 Å². The third kappa shape index (κ3) is 6.97. The minimum Gasteiger partial charge on any atom is -0.497 e. The molecule has 0 aliphatic carbocycles. The maximum absolute atomic E-state index is 5.21. The summed E-state index contributed by atoms with van der Waals surface area (Å²) in [5, 5.41) is 15.0. The molecular weight excluding hydrogens is 493 g/mol. The third-order valence-corrected chi connectivity index (χ3v) is 4.58. The van der Waals surface area contributed by atoms with Crippen LogP contribution in [0.15, 0.2) is 53.7 Å². The quantitative estimate of drug-likeness (QED) is 0.269. The van der Waals surface area contributed by atoms with Crippen LogP contribution in [0.25, 0.3) is 0 Å². The van der Waals surface area contributed by atoms with E-state index in [2.05, 4.69) is 25.8 Å². The Labute approximate surface area is 194 Å². The number of guanidine groups is 1. The maximum Gasteiger partial charge on any atom is 0.191 e. The van der Waals surface area contributed by atoms with E-state index in [0.717, 1.165) is 47.6 Å². The molecule has 0 saturated carbocycles. The van der Waals surface area contributed by atoms with E-state index in [0.29, 0.717) is 13.1 Å². The average Bonchev–Trinajstić information content (AvgIpc) is 3.08. The number of hydrogen-bond donors (Lipinski definition) is 2. The second-order valence-corrected chi connectivity index (χ2v) is 6.59. The van der Waals surface area contributed by atoms with Crippen LogP contribution < -0.4 is 15.4 Å². The molecule has 9 heteroatoms. The normalized spacial score (nSPS) is 11.0. The predicted molar refractivity (Wildman–Crippen MR) is 128 cm³/mol. The Balaban J connectivity index is 0.00000320. The molecule has 3 rings (SSSR count). The van der Waals surface area contributed by atoms with Gasteiger partial charge >= 0.3 is 0 Å². The van der Waals surface area contributed by atoms with Gasteiger partial charge in [-0.15, -0.1) is 34.2 Å². The molecule has 0 amide bonds. The molecule has 0 fully saturated rings. The summed E-state index contributed by atoms with van der Waals surface area (Å²) in [6.07, 6.45) is 2.62. The number of hydrogen-bond acceptors (Lipinski definition) is 5. The molecule has 2 aromatic heterocycles. The van der Waals surface area contributed by atoms with Crippen molar-refractivity contribution in [1.82, 2.24) is 30.4 Å². The van der Waals surface area contributed by atoms with Crippen molar-refractivity contribution in [2.75, 3.05) is 13.7 Å². The first-order valence-electron chi connectivity index (χ1n) is 9.55. The van der Waals surface area contributed by atoms with Crippen LogP contribution >= 0.6 is 24.0 Å². The van der Waals surface area contributed by atoms with Gasteiger partial charge in [-0.2, -0.15) is 0 Å². The molecule has 2 heterocycles. The van der Waals surface area contributed by atoms with E-state index < -0.39 is 0 Å². The molecule has 1 aromatic carbocycles. The number of methoxy groups -OCH3 is 1. The number of benzene rings is 1. The average molecular weight is 521 g/mol. The van der Waals surface area contributed by atoms with Crippen LogP contribution in [0.2, 0.25) is 0 Å². The molecule has 30 heavy (non-hydrogen) atoms. The molecule has 0 bridgehead atoms. The van der Waals surface area contributed by atoms with Gasteiger partial charge in [0.15, 0.2) is 11.8 Å². The monoisotopic (exact) mass is 521 g/mol. The lowest BCUT2D eigenvalue weighted by Crippen LogP contribution is -2.38. The zero-order valence-electron chi connectivity index (χ0n) is 17.5. The molecule has 160 valence electrons. The van der Waals surface area contributed by atoms with Crippen molar-refractivity contribution >= 4 is 29.9 Å². The van der Waals surface area contributed by atoms with Gasteiger partial charge in [-0.05, 0) is 36.8 Å². The molecule has 2 N–H and O–H groups in total. The van der Waals surface area contributed by atoms with E-state index in [-0.39, 0.29) is 24.0 Å². The summed E-state index contributed by atoms with van der Waals surface area (Å²) in [5.74, 6) is 3.28. The fraction of sp³-hybridized carbons (Fsp3) is 0.333. The highest BCUT2D eigenvalue weighted by Gasteiger charge is 2.06. The second kappa shape index (κ2) is 12.1. The Kier molecular flexibility index (Phi) is 9.52. The number of aromatic nitrogens is 4. The van der Waals surface area contributed by atoms with E-state index in [9.17, 15) is 0 Å². The van der Waals surface area contributed by atoms with Gasteiger partial charge in [-0.3, -0.25) is 4.98 Å². The van der Waals surface area contributed by atoms with Gasteiger partial charge < -0.3 is 19.9 Å². The smallest absolute Gasteiger partial charge is 0.191 e. The zero-order chi connectivity index (χ0) is 20.5. The number of aryl methyl sites for hydroxylation is 1. The van der Waals surface area contributed by atoms with E-state index in [1.807, 2.05) is 67.2 Å². The Morgan fingerprint density at radius 3 is 2.53 bits per heavy atom. The maximum atomic E-state index is 5.21. The van der Waals surface area contributed by atoms with Crippen molar-refractivity contribution in [2.45, 2.75) is 26.4 Å². The highest BCUT2D eigenvalue weighted by atomic mass is 127. The van der Waals surface area contributed by atoms with Crippen molar-refractivity contribution in [3.8, 4) is 5.75 Å². The molecule has 8 nitrogen and oxygen atoms in total. The standard InChI is InChI=1S/C21H27N7O.HI/c1-16-26-27-20(28(16)2)15-25-21(23-13-11-18-6-4-5-12-22-18)24-14-17-7-9-19(29-3)10-8-17;/h4-10,12H,11,13-15H2,1-3H3,(H2,23,24,25);1H. The Hall–Kier alpha value is -2.69. The summed E-state index contributed by atoms with van der Waals surface area (Å²) in [7, 11) is 3.61. The molecule has 3 aromatic rings. The van der Waals surface area contributed by atoms with Gasteiger partial charge in [0, 0.05) is 31.9 Å². The largest absolute Gasteiger partial charge is 0.497 e. The third-order valence-electron chi connectivity index (χ3n) is 4.58. The topological polar surface area (TPSA) is 89.2 Å². The zero-order valence-corrected chi connectivity index (χ0v) is 19.8. The van der Waals surface area contributed by atoms with E-state index >= 15 is 0 Å². The molecule has 0 aliphatic heterocycles. The van der Waals surface area contributed by atoms with E-state index in [1.165, 1.54) is 0 Å². The van der Waals surface area contributed by atoms with Crippen LogP contribution in [0.1, 0.15) is 22.9 Å². The highest BCUT2D eigenvalue weighted by Crippen LogP contribution is 2.11. The number of halogens is 1. The van der Waals surface area contributed by atoms with Crippen molar-refractivity contribution < 1.29 is 4.74 Å². The van der Waals surface area contributed by atoms with Crippen LogP contribution in [-0.4, -0.2) is 39.4 Å². The lowest BCUT2D eigenvalue weighted by Gasteiger charge is -2.12. The van der Waals surface area contributed by atoms with Crippen LogP contribution in [0.4, 0.5) is 0 Å². The van der Waals surface area contributed by atoms with Gasteiger partial charge in [0.05, 0.1) is 20.2 Å².